The van der Waals surface area contributed by atoms with E-state index in [4.69, 9.17) is 0 Å². The summed E-state index contributed by atoms with van der Waals surface area (Å²) in [6, 6.07) is 0.633. The highest BCUT2D eigenvalue weighted by molar-refractivity contribution is 4.82. The highest BCUT2D eigenvalue weighted by atomic mass is 14.9. The van der Waals surface area contributed by atoms with Gasteiger partial charge in [0.05, 0.1) is 0 Å². The Kier molecular flexibility index (Phi) is 11.5. The third-order valence-electron chi connectivity index (χ3n) is 4.42. The van der Waals surface area contributed by atoms with Crippen molar-refractivity contribution in [3.05, 3.63) is 0 Å². The summed E-state index contributed by atoms with van der Waals surface area (Å²) in [5.41, 5.74) is 0.366. The first kappa shape index (κ1) is 21.0. The predicted molar refractivity (Wildman–Crippen MR) is 97.9 cm³/mol. The molecule has 0 rings (SSSR count). The Bertz CT molecular complexity index is 224. The molecule has 1 nitrogen and oxygen atoms in total. The van der Waals surface area contributed by atoms with Gasteiger partial charge in [-0.25, -0.2) is 0 Å². The van der Waals surface area contributed by atoms with Crippen molar-refractivity contribution < 1.29 is 0 Å². The fourth-order valence-electron chi connectivity index (χ4n) is 3.36. The maximum atomic E-state index is 3.78. The van der Waals surface area contributed by atoms with Crippen molar-refractivity contribution >= 4 is 0 Å². The lowest BCUT2D eigenvalue weighted by Gasteiger charge is -2.35. The van der Waals surface area contributed by atoms with Gasteiger partial charge >= 0.3 is 0 Å². The molecule has 0 aliphatic rings. The van der Waals surface area contributed by atoms with Gasteiger partial charge in [-0.2, -0.15) is 0 Å². The van der Waals surface area contributed by atoms with Crippen molar-refractivity contribution in [3.63, 3.8) is 0 Å². The van der Waals surface area contributed by atoms with Crippen LogP contribution in [0.5, 0.6) is 0 Å². The van der Waals surface area contributed by atoms with Crippen LogP contribution in [-0.4, -0.2) is 12.6 Å². The van der Waals surface area contributed by atoms with Crippen LogP contribution in [-0.2, 0) is 0 Å². The van der Waals surface area contributed by atoms with Crippen LogP contribution in [0.15, 0.2) is 0 Å². The fraction of sp³-hybridized carbons (Fsp3) is 1.00. The molecule has 21 heavy (non-hydrogen) atoms. The van der Waals surface area contributed by atoms with Crippen LogP contribution in [0, 0.1) is 17.3 Å². The van der Waals surface area contributed by atoms with E-state index in [1.54, 1.807) is 0 Å². The zero-order valence-electron chi connectivity index (χ0n) is 16.1. The second kappa shape index (κ2) is 11.5. The molecule has 0 aromatic heterocycles. The van der Waals surface area contributed by atoms with E-state index in [1.165, 1.54) is 57.9 Å². The lowest BCUT2D eigenvalue weighted by atomic mass is 9.80. The minimum Gasteiger partial charge on any atom is -0.313 e. The molecule has 0 amide bonds. The van der Waals surface area contributed by atoms with Crippen molar-refractivity contribution in [2.75, 3.05) is 6.54 Å². The lowest BCUT2D eigenvalue weighted by Crippen LogP contribution is -2.44. The van der Waals surface area contributed by atoms with Crippen molar-refractivity contribution in [2.24, 2.45) is 17.3 Å². The molecule has 0 saturated heterocycles. The zero-order chi connectivity index (χ0) is 16.3. The second-order valence-electron chi connectivity index (χ2n) is 8.70. The zero-order valence-corrected chi connectivity index (χ0v) is 16.1. The topological polar surface area (TPSA) is 12.0 Å². The lowest BCUT2D eigenvalue weighted by molar-refractivity contribution is 0.211. The molecule has 0 aliphatic heterocycles. The van der Waals surface area contributed by atoms with Crippen molar-refractivity contribution in [1.82, 2.24) is 5.32 Å². The number of unbranched alkanes of at least 4 members (excludes halogenated alkanes) is 6. The summed E-state index contributed by atoms with van der Waals surface area (Å²) in [6.07, 6.45) is 11.3. The van der Waals surface area contributed by atoms with E-state index in [0.717, 1.165) is 5.92 Å². The van der Waals surface area contributed by atoms with Gasteiger partial charge in [0.1, 0.15) is 0 Å². The smallest absolute Gasteiger partial charge is 0.0139 e. The monoisotopic (exact) mass is 297 g/mol. The SMILES string of the molecule is CC(C)CCCCCCCCCNC(C(C)C)C(C)(C)C. The van der Waals surface area contributed by atoms with Crippen LogP contribution in [0.2, 0.25) is 0 Å². The second-order valence-corrected chi connectivity index (χ2v) is 8.70. The van der Waals surface area contributed by atoms with Crippen LogP contribution in [0.1, 0.15) is 99.8 Å². The Morgan fingerprint density at radius 3 is 1.62 bits per heavy atom. The molecule has 0 aromatic rings. The fourth-order valence-corrected chi connectivity index (χ4v) is 3.36. The Labute approximate surface area is 135 Å². The molecule has 0 aliphatic carbocycles. The normalized spacial score (nSPS) is 14.1. The number of hydrogen-bond acceptors (Lipinski definition) is 1. The Morgan fingerprint density at radius 1 is 0.714 bits per heavy atom. The molecule has 0 heterocycles. The van der Waals surface area contributed by atoms with Gasteiger partial charge < -0.3 is 5.32 Å². The first-order valence-electron chi connectivity index (χ1n) is 9.48. The molecule has 1 heteroatoms. The van der Waals surface area contributed by atoms with E-state index < -0.39 is 0 Å². The maximum Gasteiger partial charge on any atom is 0.0139 e. The summed E-state index contributed by atoms with van der Waals surface area (Å²) < 4.78 is 0. The molecular formula is C20H43N. The van der Waals surface area contributed by atoms with Crippen molar-refractivity contribution in [1.29, 1.82) is 0 Å². The third kappa shape index (κ3) is 12.2. The largest absolute Gasteiger partial charge is 0.313 e. The molecule has 1 atom stereocenters. The third-order valence-corrected chi connectivity index (χ3v) is 4.42. The van der Waals surface area contributed by atoms with Gasteiger partial charge in [0, 0.05) is 6.04 Å². The summed E-state index contributed by atoms with van der Waals surface area (Å²) in [6.45, 7) is 17.6. The number of hydrogen-bond donors (Lipinski definition) is 1. The van der Waals surface area contributed by atoms with Crippen LogP contribution >= 0.6 is 0 Å². The Balaban J connectivity index is 3.47. The Hall–Kier alpha value is -0.0400. The van der Waals surface area contributed by atoms with Crippen LogP contribution in [0.4, 0.5) is 0 Å². The average Bonchev–Trinajstić information content (AvgIpc) is 2.33. The van der Waals surface area contributed by atoms with Gasteiger partial charge in [-0.3, -0.25) is 0 Å². The molecule has 0 bridgehead atoms. The molecule has 0 aromatic carbocycles. The summed E-state index contributed by atoms with van der Waals surface area (Å²) in [7, 11) is 0. The first-order valence-corrected chi connectivity index (χ1v) is 9.48. The van der Waals surface area contributed by atoms with Crippen LogP contribution in [0.3, 0.4) is 0 Å². The van der Waals surface area contributed by atoms with Gasteiger partial charge in [-0.1, -0.05) is 93.4 Å². The minimum atomic E-state index is 0.366. The standard InChI is InChI=1S/C20H43N/c1-17(2)15-13-11-9-8-10-12-14-16-21-19(18(3)4)20(5,6)7/h17-19,21H,8-16H2,1-7H3. The van der Waals surface area contributed by atoms with E-state index >= 15 is 0 Å². The average molecular weight is 298 g/mol. The summed E-state index contributed by atoms with van der Waals surface area (Å²) in [5, 5.41) is 3.78. The highest BCUT2D eigenvalue weighted by Gasteiger charge is 2.26. The summed E-state index contributed by atoms with van der Waals surface area (Å²) >= 11 is 0. The maximum absolute atomic E-state index is 3.78. The molecular weight excluding hydrogens is 254 g/mol. The van der Waals surface area contributed by atoms with Gasteiger partial charge in [0.2, 0.25) is 0 Å². The van der Waals surface area contributed by atoms with E-state index in [1.807, 2.05) is 0 Å². The summed E-state index contributed by atoms with van der Waals surface area (Å²) in [5.74, 6) is 1.60. The molecule has 0 fully saturated rings. The minimum absolute atomic E-state index is 0.366. The highest BCUT2D eigenvalue weighted by Crippen LogP contribution is 2.25. The van der Waals surface area contributed by atoms with E-state index in [9.17, 15) is 0 Å². The van der Waals surface area contributed by atoms with E-state index in [-0.39, 0.29) is 0 Å². The van der Waals surface area contributed by atoms with Gasteiger partial charge in [0.15, 0.2) is 0 Å². The van der Waals surface area contributed by atoms with Crippen molar-refractivity contribution in [3.8, 4) is 0 Å². The van der Waals surface area contributed by atoms with Gasteiger partial charge in [0.25, 0.3) is 0 Å². The predicted octanol–water partition coefficient (Wildman–Crippen LogP) is 6.42. The number of rotatable bonds is 12. The van der Waals surface area contributed by atoms with Crippen LogP contribution < -0.4 is 5.32 Å². The molecule has 0 saturated carbocycles. The molecule has 1 unspecified atom stereocenters. The molecule has 0 radical (unpaired) electrons. The number of nitrogens with one attached hydrogen (secondary N) is 1. The van der Waals surface area contributed by atoms with E-state index in [0.29, 0.717) is 17.4 Å². The van der Waals surface area contributed by atoms with Gasteiger partial charge in [-0.05, 0) is 30.2 Å². The van der Waals surface area contributed by atoms with Crippen molar-refractivity contribution in [2.45, 2.75) is 106 Å². The Morgan fingerprint density at radius 2 is 1.19 bits per heavy atom. The van der Waals surface area contributed by atoms with Gasteiger partial charge in [-0.15, -0.1) is 0 Å². The van der Waals surface area contributed by atoms with Crippen LogP contribution in [0.25, 0.3) is 0 Å². The molecule has 128 valence electrons. The first-order chi connectivity index (χ1) is 9.75. The summed E-state index contributed by atoms with van der Waals surface area (Å²) in [4.78, 5) is 0. The quantitative estimate of drug-likeness (QED) is 0.410. The van der Waals surface area contributed by atoms with E-state index in [2.05, 4.69) is 53.8 Å². The molecule has 1 N–H and O–H groups in total. The molecule has 0 spiro atoms.